The first-order chi connectivity index (χ1) is 12.1. The summed E-state index contributed by atoms with van der Waals surface area (Å²) in [4.78, 5) is 12.4. The summed E-state index contributed by atoms with van der Waals surface area (Å²) < 4.78 is 0. The maximum atomic E-state index is 12.4. The molecule has 0 saturated heterocycles. The van der Waals surface area contributed by atoms with Crippen LogP contribution in [0, 0.1) is 56.7 Å². The van der Waals surface area contributed by atoms with Crippen LogP contribution in [0.15, 0.2) is 54.6 Å². The first-order valence-corrected chi connectivity index (χ1v) is 7.40. The van der Waals surface area contributed by atoms with Gasteiger partial charge in [0.1, 0.15) is 0 Å². The SMILES string of the molecule is N#CC(C#N)C(C#N)(C#N)CC(=O)c1ccc(-c2ccccc2)cc1. The predicted molar refractivity (Wildman–Crippen MR) is 89.2 cm³/mol. The van der Waals surface area contributed by atoms with Crippen molar-refractivity contribution in [3.8, 4) is 35.4 Å². The van der Waals surface area contributed by atoms with Crippen molar-refractivity contribution >= 4 is 5.78 Å². The van der Waals surface area contributed by atoms with Crippen molar-refractivity contribution in [3.05, 3.63) is 60.2 Å². The van der Waals surface area contributed by atoms with Crippen LogP contribution in [0.5, 0.6) is 0 Å². The molecule has 0 spiro atoms. The maximum Gasteiger partial charge on any atom is 0.179 e. The molecular formula is C20H12N4O. The summed E-state index contributed by atoms with van der Waals surface area (Å²) in [5.41, 5.74) is 0.276. The molecule has 0 unspecified atom stereocenters. The highest BCUT2D eigenvalue weighted by atomic mass is 16.1. The molecule has 118 valence electrons. The number of hydrogen-bond donors (Lipinski definition) is 0. The summed E-state index contributed by atoms with van der Waals surface area (Å²) in [5, 5.41) is 36.5. The molecule has 2 aromatic carbocycles. The lowest BCUT2D eigenvalue weighted by Gasteiger charge is -2.18. The topological polar surface area (TPSA) is 112 Å². The van der Waals surface area contributed by atoms with Crippen molar-refractivity contribution in [1.82, 2.24) is 0 Å². The third-order valence-corrected chi connectivity index (χ3v) is 3.90. The standard InChI is InChI=1S/C20H12N4O/c21-11-18(12-22)20(13-23,14-24)10-19(25)17-8-6-16(7-9-17)15-4-2-1-3-5-15/h1-9,18H,10H2. The molecule has 25 heavy (non-hydrogen) atoms. The van der Waals surface area contributed by atoms with Gasteiger partial charge < -0.3 is 0 Å². The van der Waals surface area contributed by atoms with Crippen LogP contribution < -0.4 is 0 Å². The van der Waals surface area contributed by atoms with Crippen LogP contribution in [0.1, 0.15) is 16.8 Å². The van der Waals surface area contributed by atoms with E-state index in [4.69, 9.17) is 10.5 Å². The number of nitriles is 4. The van der Waals surface area contributed by atoms with Crippen LogP contribution >= 0.6 is 0 Å². The molecule has 5 nitrogen and oxygen atoms in total. The van der Waals surface area contributed by atoms with E-state index in [1.54, 1.807) is 48.5 Å². The van der Waals surface area contributed by atoms with Crippen molar-refractivity contribution in [2.45, 2.75) is 6.42 Å². The Balaban J connectivity index is 2.27. The Morgan fingerprint density at radius 1 is 0.840 bits per heavy atom. The van der Waals surface area contributed by atoms with E-state index in [2.05, 4.69) is 0 Å². The molecule has 0 bridgehead atoms. The molecule has 0 aliphatic rings. The van der Waals surface area contributed by atoms with E-state index in [0.717, 1.165) is 11.1 Å². The number of rotatable bonds is 5. The summed E-state index contributed by atoms with van der Waals surface area (Å²) in [5.74, 6) is -1.95. The lowest BCUT2D eigenvalue weighted by Crippen LogP contribution is -2.29. The van der Waals surface area contributed by atoms with Gasteiger partial charge in [-0.25, -0.2) is 0 Å². The lowest BCUT2D eigenvalue weighted by molar-refractivity contribution is 0.0951. The number of ketones is 1. The number of nitrogens with zero attached hydrogens (tertiary/aromatic N) is 4. The molecular weight excluding hydrogens is 312 g/mol. The Hall–Kier alpha value is -3.93. The fourth-order valence-electron chi connectivity index (χ4n) is 2.42. The van der Waals surface area contributed by atoms with Gasteiger partial charge in [0.05, 0.1) is 24.3 Å². The van der Waals surface area contributed by atoms with Crippen molar-refractivity contribution in [2.75, 3.05) is 0 Å². The molecule has 0 aliphatic carbocycles. The third kappa shape index (κ3) is 3.53. The number of hydrogen-bond acceptors (Lipinski definition) is 5. The molecule has 2 aromatic rings. The highest BCUT2D eigenvalue weighted by Gasteiger charge is 2.42. The zero-order valence-corrected chi connectivity index (χ0v) is 13.2. The third-order valence-electron chi connectivity index (χ3n) is 3.90. The average Bonchev–Trinajstić information content (AvgIpc) is 2.68. The molecule has 0 N–H and O–H groups in total. The highest BCUT2D eigenvalue weighted by molar-refractivity contribution is 5.97. The monoisotopic (exact) mass is 324 g/mol. The molecule has 0 saturated carbocycles. The lowest BCUT2D eigenvalue weighted by atomic mass is 9.74. The normalized spacial score (nSPS) is 10.1. The first-order valence-electron chi connectivity index (χ1n) is 7.40. The molecule has 0 radical (unpaired) electrons. The van der Waals surface area contributed by atoms with Gasteiger partial charge in [-0.1, -0.05) is 54.6 Å². The second-order valence-electron chi connectivity index (χ2n) is 5.43. The van der Waals surface area contributed by atoms with Crippen molar-refractivity contribution in [2.24, 2.45) is 11.3 Å². The minimum Gasteiger partial charge on any atom is -0.294 e. The Bertz CT molecular complexity index is 907. The van der Waals surface area contributed by atoms with Crippen molar-refractivity contribution in [1.29, 1.82) is 21.0 Å². The molecule has 0 amide bonds. The Morgan fingerprint density at radius 2 is 1.36 bits per heavy atom. The zero-order chi connectivity index (χ0) is 18.3. The molecule has 0 aliphatic heterocycles. The van der Waals surface area contributed by atoms with Gasteiger partial charge in [-0.15, -0.1) is 0 Å². The Labute approximate surface area is 145 Å². The number of carbonyl (C=O) groups excluding carboxylic acids is 1. The van der Waals surface area contributed by atoms with Gasteiger partial charge in [0.2, 0.25) is 0 Å². The second-order valence-corrected chi connectivity index (χ2v) is 5.43. The summed E-state index contributed by atoms with van der Waals surface area (Å²) in [6, 6.07) is 23.0. The second kappa shape index (κ2) is 7.56. The van der Waals surface area contributed by atoms with Crippen molar-refractivity contribution in [3.63, 3.8) is 0 Å². The molecule has 5 heteroatoms. The highest BCUT2D eigenvalue weighted by Crippen LogP contribution is 2.32. The quantitative estimate of drug-likeness (QED) is 0.779. The van der Waals surface area contributed by atoms with E-state index in [9.17, 15) is 15.3 Å². The first kappa shape index (κ1) is 17.4. The van der Waals surface area contributed by atoms with Gasteiger partial charge in [-0.2, -0.15) is 21.0 Å². The van der Waals surface area contributed by atoms with Gasteiger partial charge in [-0.05, 0) is 11.1 Å². The van der Waals surface area contributed by atoms with E-state index in [1.165, 1.54) is 0 Å². The van der Waals surface area contributed by atoms with Gasteiger partial charge in [-0.3, -0.25) is 4.79 Å². The number of Topliss-reactive ketones (excluding diaryl/α,β-unsaturated/α-hetero) is 1. The molecule has 0 aromatic heterocycles. The van der Waals surface area contributed by atoms with Crippen LogP contribution in [-0.2, 0) is 0 Å². The molecule has 0 heterocycles. The van der Waals surface area contributed by atoms with Gasteiger partial charge in [0.15, 0.2) is 17.1 Å². The zero-order valence-electron chi connectivity index (χ0n) is 13.2. The minimum atomic E-state index is -1.97. The number of carbonyl (C=O) groups is 1. The smallest absolute Gasteiger partial charge is 0.179 e. The Kier molecular flexibility index (Phi) is 5.27. The van der Waals surface area contributed by atoms with Crippen LogP contribution in [-0.4, -0.2) is 5.78 Å². The van der Waals surface area contributed by atoms with E-state index in [0.29, 0.717) is 5.56 Å². The van der Waals surface area contributed by atoms with Crippen LogP contribution in [0.2, 0.25) is 0 Å². The van der Waals surface area contributed by atoms with Gasteiger partial charge >= 0.3 is 0 Å². The minimum absolute atomic E-state index is 0.323. The number of benzene rings is 2. The van der Waals surface area contributed by atoms with Crippen LogP contribution in [0.25, 0.3) is 11.1 Å². The summed E-state index contributed by atoms with van der Waals surface area (Å²) in [6.45, 7) is 0. The molecule has 0 atom stereocenters. The van der Waals surface area contributed by atoms with Crippen molar-refractivity contribution < 1.29 is 4.79 Å². The van der Waals surface area contributed by atoms with E-state index >= 15 is 0 Å². The fraction of sp³-hybridized carbons (Fsp3) is 0.150. The molecule has 0 fully saturated rings. The van der Waals surface area contributed by atoms with E-state index in [1.807, 2.05) is 30.3 Å². The largest absolute Gasteiger partial charge is 0.294 e. The van der Waals surface area contributed by atoms with Gasteiger partial charge in [0, 0.05) is 12.0 Å². The average molecular weight is 324 g/mol. The van der Waals surface area contributed by atoms with E-state index in [-0.39, 0.29) is 0 Å². The predicted octanol–water partition coefficient (Wildman–Crippen LogP) is 3.62. The van der Waals surface area contributed by atoms with E-state index < -0.39 is 23.5 Å². The van der Waals surface area contributed by atoms with Crippen LogP contribution in [0.3, 0.4) is 0 Å². The summed E-state index contributed by atoms with van der Waals surface area (Å²) in [6.07, 6.45) is -0.504. The molecule has 2 rings (SSSR count). The fourth-order valence-corrected chi connectivity index (χ4v) is 2.42. The summed E-state index contributed by atoms with van der Waals surface area (Å²) in [7, 11) is 0. The maximum absolute atomic E-state index is 12.4. The Morgan fingerprint density at radius 3 is 1.84 bits per heavy atom. The van der Waals surface area contributed by atoms with Gasteiger partial charge in [0.25, 0.3) is 0 Å². The summed E-state index contributed by atoms with van der Waals surface area (Å²) >= 11 is 0. The van der Waals surface area contributed by atoms with Crippen LogP contribution in [0.4, 0.5) is 0 Å².